The largest absolute Gasteiger partial charge is 0.491 e. The maximum Gasteiger partial charge on any atom is 0.186 e. The van der Waals surface area contributed by atoms with Crippen LogP contribution in [-0.4, -0.2) is 145 Å². The minimum Gasteiger partial charge on any atom is -0.491 e. The number of anilines is 2. The van der Waals surface area contributed by atoms with Gasteiger partial charge in [0.25, 0.3) is 0 Å². The van der Waals surface area contributed by atoms with Crippen LogP contribution in [0.15, 0.2) is 114 Å². The number of aliphatic hydroxyl groups is 1. The molecule has 0 saturated carbocycles. The Balaban J connectivity index is 0.669. The third-order valence-electron chi connectivity index (χ3n) is 11.6. The lowest BCUT2D eigenvalue weighted by Gasteiger charge is -2.22. The zero-order chi connectivity index (χ0) is 55.0. The van der Waals surface area contributed by atoms with Crippen LogP contribution in [0, 0.1) is 11.6 Å². The maximum atomic E-state index is 13.8. The van der Waals surface area contributed by atoms with Crippen LogP contribution >= 0.6 is 11.3 Å². The van der Waals surface area contributed by atoms with Gasteiger partial charge >= 0.3 is 0 Å². The van der Waals surface area contributed by atoms with Crippen molar-refractivity contribution < 1.29 is 64.9 Å². The number of halogens is 2. The summed E-state index contributed by atoms with van der Waals surface area (Å²) in [6.45, 7) is 11.6. The Labute approximate surface area is 457 Å². The summed E-state index contributed by atoms with van der Waals surface area (Å²) in [5.74, 6) is 1.31. The summed E-state index contributed by atoms with van der Waals surface area (Å²) in [4.78, 5) is 13.3. The second kappa shape index (κ2) is 30.8. The van der Waals surface area contributed by atoms with Gasteiger partial charge in [0.2, 0.25) is 0 Å². The summed E-state index contributed by atoms with van der Waals surface area (Å²) in [5, 5.41) is 20.8. The number of sulfone groups is 1. The van der Waals surface area contributed by atoms with Gasteiger partial charge in [-0.2, -0.15) is 0 Å². The molecule has 420 valence electrons. The van der Waals surface area contributed by atoms with E-state index in [1.54, 1.807) is 92.2 Å². The van der Waals surface area contributed by atoms with Crippen molar-refractivity contribution >= 4 is 53.8 Å². The van der Waals surface area contributed by atoms with E-state index in [4.69, 9.17) is 42.6 Å². The molecule has 0 amide bonds. The first kappa shape index (κ1) is 59.5. The minimum absolute atomic E-state index is 0.0231. The van der Waals surface area contributed by atoms with Crippen LogP contribution in [0.4, 0.5) is 20.3 Å². The summed E-state index contributed by atoms with van der Waals surface area (Å²) in [6, 6.07) is 26.1. The molecular weight excluding hydrogens is 1050 g/mol. The molecule has 1 atom stereocenters. The highest BCUT2D eigenvalue weighted by Gasteiger charge is 2.34. The third-order valence-corrected chi connectivity index (χ3v) is 14.9. The molecule has 4 N–H and O–H groups in total. The van der Waals surface area contributed by atoms with Crippen LogP contribution in [-0.2, 0) is 46.7 Å². The van der Waals surface area contributed by atoms with Gasteiger partial charge in [0.05, 0.1) is 92.1 Å². The van der Waals surface area contributed by atoms with Crippen LogP contribution in [0.2, 0.25) is 0 Å². The average Bonchev–Trinajstić information content (AvgIpc) is 3.96. The normalized spacial score (nSPS) is 12.3. The third kappa shape index (κ3) is 19.0. The molecule has 0 aliphatic heterocycles. The second-order valence-electron chi connectivity index (χ2n) is 18.6. The minimum atomic E-state index is -3.81. The number of benzene rings is 5. The molecule has 2 heterocycles. The molecule has 7 rings (SSSR count). The number of aliphatic hydroxyl groups excluding tert-OH is 1. The van der Waals surface area contributed by atoms with Gasteiger partial charge in [-0.05, 0) is 92.6 Å². The Hall–Kier alpha value is -6.18. The summed E-state index contributed by atoms with van der Waals surface area (Å²) >= 11 is 1.55. The van der Waals surface area contributed by atoms with E-state index in [0.717, 1.165) is 27.0 Å². The maximum absolute atomic E-state index is 13.8. The van der Waals surface area contributed by atoms with Crippen molar-refractivity contribution in [2.75, 3.05) is 111 Å². The molecule has 7 aromatic rings. The topological polar surface area (TPSA) is 212 Å². The highest BCUT2D eigenvalue weighted by atomic mass is 32.2. The lowest BCUT2D eigenvalue weighted by Crippen LogP contribution is -2.33. The highest BCUT2D eigenvalue weighted by Crippen LogP contribution is 2.38. The van der Waals surface area contributed by atoms with Gasteiger partial charge in [-0.15, -0.1) is 11.3 Å². The van der Waals surface area contributed by atoms with E-state index in [9.17, 15) is 22.3 Å². The van der Waals surface area contributed by atoms with Crippen molar-refractivity contribution in [3.63, 3.8) is 0 Å². The Morgan fingerprint density at radius 3 is 1.81 bits per heavy atom. The van der Waals surface area contributed by atoms with Crippen molar-refractivity contribution in [1.29, 1.82) is 0 Å². The van der Waals surface area contributed by atoms with Crippen molar-refractivity contribution in [2.45, 2.75) is 49.7 Å². The Morgan fingerprint density at radius 1 is 0.590 bits per heavy atom. The van der Waals surface area contributed by atoms with Crippen LogP contribution in [0.1, 0.15) is 31.9 Å². The van der Waals surface area contributed by atoms with Gasteiger partial charge in [-0.1, -0.05) is 24.3 Å². The molecule has 0 fully saturated rings. The number of thiazole rings is 1. The number of ether oxygens (including phenoxy) is 9. The number of aromatic nitrogens is 3. The predicted molar refractivity (Wildman–Crippen MR) is 294 cm³/mol. The van der Waals surface area contributed by atoms with Gasteiger partial charge in [-0.3, -0.25) is 0 Å². The zero-order valence-electron chi connectivity index (χ0n) is 44.0. The van der Waals surface area contributed by atoms with Crippen molar-refractivity contribution in [3.05, 3.63) is 132 Å². The molecule has 18 nitrogen and oxygen atoms in total. The van der Waals surface area contributed by atoms with E-state index in [2.05, 4.69) is 30.9 Å². The van der Waals surface area contributed by atoms with Gasteiger partial charge in [-0.25, -0.2) is 32.2 Å². The van der Waals surface area contributed by atoms with Gasteiger partial charge in [0, 0.05) is 49.4 Å². The molecular formula is C56H68F2N6O12S2. The molecule has 2 aromatic heterocycles. The fourth-order valence-corrected chi connectivity index (χ4v) is 9.31. The quantitative estimate of drug-likeness (QED) is 0.0274. The molecule has 78 heavy (non-hydrogen) atoms. The first-order chi connectivity index (χ1) is 37.8. The van der Waals surface area contributed by atoms with Gasteiger partial charge < -0.3 is 63.7 Å². The SMILES string of the molecule is CC(C)(C)S(=O)(=O)c1cc2c(Nc3ccc4scnc4c3)ncnc2cc1OCCNCCOCCOCCOCCOCCOCCNCC(O)COc1ccc(OCc2ccc(F)cc2)c(OCc2ccc(F)cc2)c1. The van der Waals surface area contributed by atoms with E-state index in [1.165, 1.54) is 30.6 Å². The molecule has 5 aromatic carbocycles. The van der Waals surface area contributed by atoms with E-state index in [1.807, 2.05) is 18.2 Å². The Kier molecular flexibility index (Phi) is 23.5. The van der Waals surface area contributed by atoms with Crippen LogP contribution in [0.5, 0.6) is 23.0 Å². The number of hydrogen-bond acceptors (Lipinski definition) is 19. The van der Waals surface area contributed by atoms with Gasteiger partial charge in [0.1, 0.15) is 72.7 Å². The lowest BCUT2D eigenvalue weighted by atomic mass is 10.2. The molecule has 0 saturated heterocycles. The number of nitrogens with one attached hydrogen (secondary N) is 3. The van der Waals surface area contributed by atoms with E-state index >= 15 is 0 Å². The number of fused-ring (bicyclic) bond motifs is 2. The molecule has 1 unspecified atom stereocenters. The molecule has 0 spiro atoms. The highest BCUT2D eigenvalue weighted by molar-refractivity contribution is 7.92. The number of rotatable bonds is 36. The Morgan fingerprint density at radius 2 is 1.18 bits per heavy atom. The van der Waals surface area contributed by atoms with E-state index in [0.29, 0.717) is 120 Å². The summed E-state index contributed by atoms with van der Waals surface area (Å²) in [5.41, 5.74) is 5.48. The molecule has 22 heteroatoms. The van der Waals surface area contributed by atoms with Crippen molar-refractivity contribution in [2.24, 2.45) is 0 Å². The fourth-order valence-electron chi connectivity index (χ4n) is 7.33. The monoisotopic (exact) mass is 1120 g/mol. The van der Waals surface area contributed by atoms with E-state index < -0.39 is 20.7 Å². The summed E-state index contributed by atoms with van der Waals surface area (Å²) in [7, 11) is -3.81. The fraction of sp³-hybridized carbons (Fsp3) is 0.411. The standard InChI is InChI=1S/C56H68F2N6O12S2/c1-56(2,3)78(66,67)54-32-47-48(61-38-62-55(47)64-44-12-15-53-49(30-44)63-39-77-53)33-52(54)73-21-18-59-16-19-68-22-24-70-26-28-72-29-27-71-25-23-69-20-17-60-34-45(65)37-74-46-13-14-50(75-35-40-4-8-42(57)9-5-40)51(31-46)76-36-41-6-10-43(58)11-7-41/h4-15,30-33,38-39,45,59-60,65H,16-29,34-37H2,1-3H3,(H,61,62,64). The van der Waals surface area contributed by atoms with Crippen LogP contribution in [0.25, 0.3) is 21.1 Å². The smallest absolute Gasteiger partial charge is 0.186 e. The molecule has 0 aliphatic carbocycles. The molecule has 0 aliphatic rings. The number of nitrogens with zero attached hydrogens (tertiary/aromatic N) is 3. The molecule has 0 bridgehead atoms. The molecule has 0 radical (unpaired) electrons. The van der Waals surface area contributed by atoms with Crippen LogP contribution < -0.4 is 34.9 Å². The lowest BCUT2D eigenvalue weighted by molar-refractivity contribution is -0.0107. The second-order valence-corrected chi connectivity index (χ2v) is 22.1. The summed E-state index contributed by atoms with van der Waals surface area (Å²) < 4.78 is 106. The predicted octanol–water partition coefficient (Wildman–Crippen LogP) is 8.07. The van der Waals surface area contributed by atoms with Crippen LogP contribution in [0.3, 0.4) is 0 Å². The first-order valence-corrected chi connectivity index (χ1v) is 27.9. The summed E-state index contributed by atoms with van der Waals surface area (Å²) in [6.07, 6.45) is 0.636. The van der Waals surface area contributed by atoms with Gasteiger partial charge in [0.15, 0.2) is 21.3 Å². The Bertz CT molecular complexity index is 3030. The zero-order valence-corrected chi connectivity index (χ0v) is 45.7. The van der Waals surface area contributed by atoms with Crippen molar-refractivity contribution in [1.82, 2.24) is 25.6 Å². The average molecular weight is 1120 g/mol. The first-order valence-electron chi connectivity index (χ1n) is 25.6. The number of hydrogen-bond donors (Lipinski definition) is 4. The van der Waals surface area contributed by atoms with E-state index in [-0.39, 0.29) is 55.3 Å². The van der Waals surface area contributed by atoms with Crippen molar-refractivity contribution in [3.8, 4) is 23.0 Å².